The third-order valence-corrected chi connectivity index (χ3v) is 4.77. The number of ether oxygens (including phenoxy) is 1. The van der Waals surface area contributed by atoms with Crippen LogP contribution in [-0.4, -0.2) is 34.8 Å². The molecule has 1 amide bonds. The van der Waals surface area contributed by atoms with E-state index in [9.17, 15) is 9.59 Å². The van der Waals surface area contributed by atoms with Crippen molar-refractivity contribution in [2.24, 2.45) is 0 Å². The highest BCUT2D eigenvalue weighted by Crippen LogP contribution is 2.15. The molecule has 0 aliphatic carbocycles. The lowest BCUT2D eigenvalue weighted by atomic mass is 10.1. The van der Waals surface area contributed by atoms with Crippen molar-refractivity contribution in [1.29, 1.82) is 0 Å². The van der Waals surface area contributed by atoms with Crippen LogP contribution in [0.4, 0.5) is 0 Å². The first-order valence-electron chi connectivity index (χ1n) is 9.12. The van der Waals surface area contributed by atoms with E-state index in [0.29, 0.717) is 5.56 Å². The number of likely N-dealkylation sites (tertiary alicyclic amines) is 1. The standard InChI is InChI=1S/C22H20N2O3/c25-21(24-13-3-4-14-24)18-9-7-16(8-10-18)15-27-22(26)20-12-11-17-5-1-2-6-19(17)23-20/h1-2,5-12H,3-4,13-15H2. The molecule has 27 heavy (non-hydrogen) atoms. The Morgan fingerprint density at radius 3 is 2.44 bits per heavy atom. The molecule has 1 aliphatic heterocycles. The van der Waals surface area contributed by atoms with Crippen molar-refractivity contribution < 1.29 is 14.3 Å². The molecule has 0 atom stereocenters. The number of benzene rings is 2. The molecule has 1 fully saturated rings. The number of amides is 1. The molecule has 5 heteroatoms. The van der Waals surface area contributed by atoms with E-state index in [1.54, 1.807) is 18.2 Å². The van der Waals surface area contributed by atoms with Crippen molar-refractivity contribution >= 4 is 22.8 Å². The number of hydrogen-bond donors (Lipinski definition) is 0. The van der Waals surface area contributed by atoms with Gasteiger partial charge in [0.25, 0.3) is 5.91 Å². The summed E-state index contributed by atoms with van der Waals surface area (Å²) in [5, 5.41) is 0.979. The third kappa shape index (κ3) is 3.82. The Morgan fingerprint density at radius 2 is 1.67 bits per heavy atom. The van der Waals surface area contributed by atoms with Crippen molar-refractivity contribution in [1.82, 2.24) is 9.88 Å². The summed E-state index contributed by atoms with van der Waals surface area (Å²) in [6, 6.07) is 18.4. The topological polar surface area (TPSA) is 59.5 Å². The fourth-order valence-electron chi connectivity index (χ4n) is 3.25. The van der Waals surface area contributed by atoms with Crippen LogP contribution in [0.1, 0.15) is 39.3 Å². The van der Waals surface area contributed by atoms with Gasteiger partial charge in [0.05, 0.1) is 5.52 Å². The quantitative estimate of drug-likeness (QED) is 0.664. The molecule has 2 aromatic carbocycles. The Hall–Kier alpha value is -3.21. The summed E-state index contributed by atoms with van der Waals surface area (Å²) < 4.78 is 5.37. The number of fused-ring (bicyclic) bond motifs is 1. The van der Waals surface area contributed by atoms with E-state index in [2.05, 4.69) is 4.98 Å². The Bertz CT molecular complexity index is 976. The zero-order valence-corrected chi connectivity index (χ0v) is 14.9. The number of aromatic nitrogens is 1. The van der Waals surface area contributed by atoms with Crippen LogP contribution in [0.15, 0.2) is 60.7 Å². The molecule has 0 radical (unpaired) electrons. The van der Waals surface area contributed by atoms with Gasteiger partial charge in [-0.15, -0.1) is 0 Å². The van der Waals surface area contributed by atoms with E-state index in [1.807, 2.05) is 47.4 Å². The van der Waals surface area contributed by atoms with Gasteiger partial charge in [-0.05, 0) is 42.7 Å². The summed E-state index contributed by atoms with van der Waals surface area (Å²) in [6.45, 7) is 1.80. The number of carbonyl (C=O) groups is 2. The summed E-state index contributed by atoms with van der Waals surface area (Å²) in [5.41, 5.74) is 2.55. The number of esters is 1. The zero-order valence-electron chi connectivity index (χ0n) is 14.9. The van der Waals surface area contributed by atoms with Crippen molar-refractivity contribution in [3.63, 3.8) is 0 Å². The van der Waals surface area contributed by atoms with Crippen molar-refractivity contribution in [3.05, 3.63) is 77.5 Å². The summed E-state index contributed by atoms with van der Waals surface area (Å²) in [7, 11) is 0. The Kier molecular flexibility index (Phi) is 4.83. The Labute approximate surface area is 157 Å². The van der Waals surface area contributed by atoms with Gasteiger partial charge < -0.3 is 9.64 Å². The normalized spacial score (nSPS) is 13.7. The molecule has 0 N–H and O–H groups in total. The second-order valence-corrected chi connectivity index (χ2v) is 6.66. The monoisotopic (exact) mass is 360 g/mol. The third-order valence-electron chi connectivity index (χ3n) is 4.77. The first-order chi connectivity index (χ1) is 13.2. The zero-order chi connectivity index (χ0) is 18.6. The van der Waals surface area contributed by atoms with Crippen molar-refractivity contribution in [2.45, 2.75) is 19.4 Å². The van der Waals surface area contributed by atoms with Crippen molar-refractivity contribution in [3.8, 4) is 0 Å². The van der Waals surface area contributed by atoms with Crippen LogP contribution >= 0.6 is 0 Å². The molecule has 3 aromatic rings. The first kappa shape index (κ1) is 17.2. The van der Waals surface area contributed by atoms with Crippen LogP contribution in [0, 0.1) is 0 Å². The molecule has 0 saturated carbocycles. The SMILES string of the molecule is O=C(OCc1ccc(C(=O)N2CCCC2)cc1)c1ccc2ccccc2n1. The number of pyridine rings is 1. The number of carbonyl (C=O) groups excluding carboxylic acids is 2. The Balaban J connectivity index is 1.38. The summed E-state index contributed by atoms with van der Waals surface area (Å²) in [4.78, 5) is 30.8. The lowest BCUT2D eigenvalue weighted by molar-refractivity contribution is 0.0466. The van der Waals surface area contributed by atoms with E-state index in [-0.39, 0.29) is 18.2 Å². The van der Waals surface area contributed by atoms with Crippen LogP contribution in [0.3, 0.4) is 0 Å². The maximum absolute atomic E-state index is 12.3. The highest BCUT2D eigenvalue weighted by molar-refractivity contribution is 5.94. The molecule has 2 heterocycles. The van der Waals surface area contributed by atoms with Gasteiger partial charge in [-0.25, -0.2) is 9.78 Å². The second-order valence-electron chi connectivity index (χ2n) is 6.66. The molecular weight excluding hydrogens is 340 g/mol. The summed E-state index contributed by atoms with van der Waals surface area (Å²) in [6.07, 6.45) is 2.14. The Morgan fingerprint density at radius 1 is 0.926 bits per heavy atom. The predicted molar refractivity (Wildman–Crippen MR) is 102 cm³/mol. The van der Waals surface area contributed by atoms with Crippen LogP contribution in [0.2, 0.25) is 0 Å². The van der Waals surface area contributed by atoms with E-state index in [1.165, 1.54) is 0 Å². The highest BCUT2D eigenvalue weighted by atomic mass is 16.5. The van der Waals surface area contributed by atoms with Crippen LogP contribution in [0.25, 0.3) is 10.9 Å². The number of nitrogens with zero attached hydrogens (tertiary/aromatic N) is 2. The lowest BCUT2D eigenvalue weighted by Gasteiger charge is -2.15. The molecule has 0 spiro atoms. The van der Waals surface area contributed by atoms with Gasteiger partial charge in [0.1, 0.15) is 12.3 Å². The molecule has 1 aromatic heterocycles. The molecule has 4 rings (SSSR count). The molecule has 1 aliphatic rings. The minimum atomic E-state index is -0.460. The molecule has 0 bridgehead atoms. The van der Waals surface area contributed by atoms with Crippen LogP contribution in [0.5, 0.6) is 0 Å². The van der Waals surface area contributed by atoms with Gasteiger partial charge in [0, 0.05) is 24.0 Å². The fourth-order valence-corrected chi connectivity index (χ4v) is 3.25. The average molecular weight is 360 g/mol. The molecule has 136 valence electrons. The molecule has 1 saturated heterocycles. The number of rotatable bonds is 4. The average Bonchev–Trinajstić information content (AvgIpc) is 3.26. The van der Waals surface area contributed by atoms with Gasteiger partial charge >= 0.3 is 5.97 Å². The fraction of sp³-hybridized carbons (Fsp3) is 0.227. The predicted octanol–water partition coefficient (Wildman–Crippen LogP) is 3.83. The molecule has 0 unspecified atom stereocenters. The largest absolute Gasteiger partial charge is 0.456 e. The maximum atomic E-state index is 12.3. The smallest absolute Gasteiger partial charge is 0.357 e. The van der Waals surface area contributed by atoms with E-state index in [4.69, 9.17) is 4.74 Å². The van der Waals surface area contributed by atoms with Crippen LogP contribution in [-0.2, 0) is 11.3 Å². The van der Waals surface area contributed by atoms with Crippen LogP contribution < -0.4 is 0 Å². The maximum Gasteiger partial charge on any atom is 0.357 e. The van der Waals surface area contributed by atoms with Gasteiger partial charge in [-0.1, -0.05) is 36.4 Å². The minimum Gasteiger partial charge on any atom is -0.456 e. The summed E-state index contributed by atoms with van der Waals surface area (Å²) in [5.74, 6) is -0.394. The number of para-hydroxylation sites is 1. The van der Waals surface area contributed by atoms with E-state index in [0.717, 1.165) is 42.4 Å². The first-order valence-corrected chi connectivity index (χ1v) is 9.12. The van der Waals surface area contributed by atoms with Gasteiger partial charge in [0.15, 0.2) is 0 Å². The summed E-state index contributed by atoms with van der Waals surface area (Å²) >= 11 is 0. The second kappa shape index (κ2) is 7.58. The molecule has 5 nitrogen and oxygen atoms in total. The minimum absolute atomic E-state index is 0.0661. The van der Waals surface area contributed by atoms with E-state index >= 15 is 0 Å². The number of hydrogen-bond acceptors (Lipinski definition) is 4. The van der Waals surface area contributed by atoms with Gasteiger partial charge in [-0.2, -0.15) is 0 Å². The highest BCUT2D eigenvalue weighted by Gasteiger charge is 2.19. The van der Waals surface area contributed by atoms with Crippen molar-refractivity contribution in [2.75, 3.05) is 13.1 Å². The van der Waals surface area contributed by atoms with Gasteiger partial charge in [-0.3, -0.25) is 4.79 Å². The van der Waals surface area contributed by atoms with Gasteiger partial charge in [0.2, 0.25) is 0 Å². The molecular formula is C22H20N2O3. The van der Waals surface area contributed by atoms with E-state index < -0.39 is 5.97 Å². The lowest BCUT2D eigenvalue weighted by Crippen LogP contribution is -2.27.